The van der Waals surface area contributed by atoms with Crippen LogP contribution in [-0.4, -0.2) is 13.3 Å². The predicted molar refractivity (Wildman–Crippen MR) is 52.6 cm³/mol. The molecule has 72 valence electrons. The molecule has 0 bridgehead atoms. The summed E-state index contributed by atoms with van der Waals surface area (Å²) in [6.45, 7) is 0. The summed E-state index contributed by atoms with van der Waals surface area (Å²) in [5, 5.41) is 0.457. The van der Waals surface area contributed by atoms with Gasteiger partial charge in [-0.1, -0.05) is 16.6 Å². The molecule has 0 N–H and O–H groups in total. The third-order valence-electron chi connectivity index (χ3n) is 2.23. The number of likely N-dealkylation sites (N-methyl/N-ethyl adjacent to an activating group) is 1. The van der Waals surface area contributed by atoms with Crippen LogP contribution in [0.25, 0.3) is 0 Å². The fourth-order valence-corrected chi connectivity index (χ4v) is 1.45. The van der Waals surface area contributed by atoms with Crippen molar-refractivity contribution in [1.82, 2.24) is 0 Å². The summed E-state index contributed by atoms with van der Waals surface area (Å²) in [6, 6.07) is 6.97. The first kappa shape index (κ1) is 8.74. The molecule has 4 heteroatoms. The van der Waals surface area contributed by atoms with Gasteiger partial charge in [-0.2, -0.15) is 5.12 Å². The van der Waals surface area contributed by atoms with E-state index in [-0.39, 0.29) is 0 Å². The van der Waals surface area contributed by atoms with Crippen LogP contribution in [-0.2, 0) is 4.79 Å². The summed E-state index contributed by atoms with van der Waals surface area (Å²) in [7, 11) is 1.73. The Morgan fingerprint density at radius 2 is 1.93 bits per heavy atom. The molecule has 3 nitrogen and oxygen atoms in total. The van der Waals surface area contributed by atoms with Crippen molar-refractivity contribution in [1.29, 1.82) is 0 Å². The lowest BCUT2D eigenvalue weighted by molar-refractivity contribution is -0.105. The van der Waals surface area contributed by atoms with Crippen LogP contribution in [0.5, 0.6) is 0 Å². The Bertz CT molecular complexity index is 403. The summed E-state index contributed by atoms with van der Waals surface area (Å²) in [6.07, 6.45) is 1.79. The van der Waals surface area contributed by atoms with Crippen LogP contribution in [0.1, 0.15) is 0 Å². The molecule has 0 saturated heterocycles. The third-order valence-corrected chi connectivity index (χ3v) is 2.23. The monoisotopic (exact) mass is 192 g/mol. The lowest BCUT2D eigenvalue weighted by Crippen LogP contribution is -2.26. The van der Waals surface area contributed by atoms with Crippen LogP contribution in [0, 0.1) is 0 Å². The Hall–Kier alpha value is -1.84. The molecule has 1 heterocycles. The van der Waals surface area contributed by atoms with Crippen LogP contribution in [0.4, 0.5) is 15.9 Å². The van der Waals surface area contributed by atoms with Gasteiger partial charge in [0.2, 0.25) is 0 Å². The summed E-state index contributed by atoms with van der Waals surface area (Å²) in [5.41, 5.74) is 1.42. The smallest absolute Gasteiger partial charge is 0.168 e. The number of hydrogen-bond donors (Lipinski definition) is 0. The first-order valence-electron chi connectivity index (χ1n) is 4.19. The second-order valence-corrected chi connectivity index (χ2v) is 3.03. The average molecular weight is 192 g/mol. The van der Waals surface area contributed by atoms with Crippen molar-refractivity contribution in [3.63, 3.8) is 0 Å². The number of aldehydes is 1. The number of hydrogen-bond acceptors (Lipinski definition) is 3. The fraction of sp³-hybridized carbons (Fsp3) is 0.100. The molecule has 0 radical (unpaired) electrons. The Morgan fingerprint density at radius 1 is 1.29 bits per heavy atom. The normalized spacial score (nSPS) is 14.9. The van der Waals surface area contributed by atoms with Gasteiger partial charge in [-0.25, -0.2) is 0 Å². The molecule has 1 aromatic carbocycles. The zero-order valence-corrected chi connectivity index (χ0v) is 7.64. The lowest BCUT2D eigenvalue weighted by atomic mass is 10.2. The Morgan fingerprint density at radius 3 is 2.57 bits per heavy atom. The van der Waals surface area contributed by atoms with Crippen molar-refractivity contribution in [2.75, 3.05) is 17.1 Å². The number of carbonyl (C=O) groups is 1. The quantitative estimate of drug-likeness (QED) is 0.501. The largest absolute Gasteiger partial charge is 0.339 e. The number of para-hydroxylation sites is 2. The standard InChI is InChI=1S/C10H9FN2O/c1-12-8(7-14)6-13(11)10-5-3-2-4-9(10)12/h2-7H,1H3. The van der Waals surface area contributed by atoms with E-state index in [1.54, 1.807) is 36.2 Å². The number of fused-ring (bicyclic) bond motifs is 1. The number of nitrogens with zero attached hydrogens (tertiary/aromatic N) is 2. The molecule has 14 heavy (non-hydrogen) atoms. The van der Waals surface area contributed by atoms with Crippen molar-refractivity contribution in [2.45, 2.75) is 0 Å². The topological polar surface area (TPSA) is 23.6 Å². The highest BCUT2D eigenvalue weighted by Crippen LogP contribution is 2.34. The molecule has 1 aromatic rings. The van der Waals surface area contributed by atoms with Gasteiger partial charge < -0.3 is 4.90 Å². The minimum absolute atomic E-state index is 0.297. The number of anilines is 2. The zero-order chi connectivity index (χ0) is 10.1. The number of halogens is 1. The van der Waals surface area contributed by atoms with E-state index in [1.165, 1.54) is 0 Å². The molecule has 0 aromatic heterocycles. The van der Waals surface area contributed by atoms with Crippen molar-refractivity contribution in [3.05, 3.63) is 36.2 Å². The van der Waals surface area contributed by atoms with Gasteiger partial charge in [-0.15, -0.1) is 0 Å². The first-order chi connectivity index (χ1) is 6.74. The molecule has 0 saturated carbocycles. The minimum Gasteiger partial charge on any atom is -0.339 e. The third kappa shape index (κ3) is 1.16. The molecule has 0 atom stereocenters. The molecular weight excluding hydrogens is 183 g/mol. The maximum Gasteiger partial charge on any atom is 0.168 e. The van der Waals surface area contributed by atoms with E-state index in [4.69, 9.17) is 0 Å². The van der Waals surface area contributed by atoms with Crippen LogP contribution >= 0.6 is 0 Å². The van der Waals surface area contributed by atoms with Gasteiger partial charge in [0.15, 0.2) is 6.29 Å². The maximum atomic E-state index is 13.4. The summed E-state index contributed by atoms with van der Waals surface area (Å²) >= 11 is 0. The van der Waals surface area contributed by atoms with E-state index in [2.05, 4.69) is 0 Å². The van der Waals surface area contributed by atoms with Crippen LogP contribution in [0.3, 0.4) is 0 Å². The number of allylic oxidation sites excluding steroid dienone is 1. The number of benzene rings is 1. The molecule has 1 aliphatic rings. The van der Waals surface area contributed by atoms with Gasteiger partial charge in [-0.3, -0.25) is 4.79 Å². The van der Waals surface area contributed by atoms with Crippen LogP contribution in [0.2, 0.25) is 0 Å². The summed E-state index contributed by atoms with van der Waals surface area (Å²) in [4.78, 5) is 12.3. The summed E-state index contributed by atoms with van der Waals surface area (Å²) in [5.74, 6) is 0. The highest BCUT2D eigenvalue weighted by atomic mass is 19.2. The van der Waals surface area contributed by atoms with Gasteiger partial charge >= 0.3 is 0 Å². The molecule has 2 rings (SSSR count). The first-order valence-corrected chi connectivity index (χ1v) is 4.19. The molecule has 0 fully saturated rings. The van der Waals surface area contributed by atoms with Gasteiger partial charge in [-0.05, 0) is 12.1 Å². The van der Waals surface area contributed by atoms with Crippen molar-refractivity contribution >= 4 is 17.7 Å². The van der Waals surface area contributed by atoms with E-state index in [0.29, 0.717) is 28.5 Å². The van der Waals surface area contributed by atoms with E-state index in [9.17, 15) is 9.28 Å². The van der Waals surface area contributed by atoms with E-state index in [1.807, 2.05) is 0 Å². The minimum atomic E-state index is 0.297. The van der Waals surface area contributed by atoms with Crippen molar-refractivity contribution in [2.24, 2.45) is 0 Å². The lowest BCUT2D eigenvalue weighted by Gasteiger charge is -2.28. The number of rotatable bonds is 1. The van der Waals surface area contributed by atoms with Crippen LogP contribution < -0.4 is 10.0 Å². The molecule has 0 aliphatic carbocycles. The predicted octanol–water partition coefficient (Wildman–Crippen LogP) is 1.87. The molecule has 0 unspecified atom stereocenters. The van der Waals surface area contributed by atoms with Gasteiger partial charge in [0, 0.05) is 7.05 Å². The Kier molecular flexibility index (Phi) is 1.96. The molecular formula is C10H9FN2O. The second kappa shape index (κ2) is 3.14. The van der Waals surface area contributed by atoms with Crippen molar-refractivity contribution in [3.8, 4) is 0 Å². The van der Waals surface area contributed by atoms with Gasteiger partial charge in [0.1, 0.15) is 5.70 Å². The SMILES string of the molecule is CN1C(C=O)=CN(F)c2ccccc21. The molecule has 0 spiro atoms. The fourth-order valence-electron chi connectivity index (χ4n) is 1.45. The van der Waals surface area contributed by atoms with Gasteiger partial charge in [0.25, 0.3) is 0 Å². The molecule has 1 aliphatic heterocycles. The maximum absolute atomic E-state index is 13.4. The van der Waals surface area contributed by atoms with E-state index in [0.717, 1.165) is 6.20 Å². The van der Waals surface area contributed by atoms with Crippen molar-refractivity contribution < 1.29 is 9.28 Å². The molecule has 0 amide bonds. The highest BCUT2D eigenvalue weighted by Gasteiger charge is 2.20. The second-order valence-electron chi connectivity index (χ2n) is 3.03. The Balaban J connectivity index is 2.54. The van der Waals surface area contributed by atoms with E-state index < -0.39 is 0 Å². The number of carbonyl (C=O) groups excluding carboxylic acids is 1. The average Bonchev–Trinajstić information content (AvgIpc) is 2.23. The highest BCUT2D eigenvalue weighted by molar-refractivity contribution is 5.87. The summed E-state index contributed by atoms with van der Waals surface area (Å²) < 4.78 is 13.4. The Labute approximate surface area is 81.0 Å². The van der Waals surface area contributed by atoms with E-state index >= 15 is 0 Å². The zero-order valence-electron chi connectivity index (χ0n) is 7.64. The van der Waals surface area contributed by atoms with Gasteiger partial charge in [0.05, 0.1) is 17.6 Å². The van der Waals surface area contributed by atoms with Crippen LogP contribution in [0.15, 0.2) is 36.2 Å².